The van der Waals surface area contributed by atoms with Crippen LogP contribution < -0.4 is 4.74 Å². The molecule has 6 rings (SSSR count). The van der Waals surface area contributed by atoms with Gasteiger partial charge >= 0.3 is 29.7 Å². The number of esters is 2. The second kappa shape index (κ2) is 25.4. The fourth-order valence-corrected chi connectivity index (χ4v) is 11.8. The summed E-state index contributed by atoms with van der Waals surface area (Å²) in [6, 6.07) is 10.9. The number of ether oxygens (including phenoxy) is 9. The van der Waals surface area contributed by atoms with Crippen LogP contribution >= 0.6 is 23.5 Å². The van der Waals surface area contributed by atoms with Gasteiger partial charge in [-0.1, -0.05) is 107 Å². The molecule has 0 saturated heterocycles. The lowest BCUT2D eigenvalue weighted by molar-refractivity contribution is -0.258. The number of carbonyl (C=O) groups excluding carboxylic acids is 2. The Labute approximate surface area is 420 Å². The number of methoxy groups -OCH3 is 2. The number of allylic oxidation sites excluding steroid dienone is 6. The van der Waals surface area contributed by atoms with Gasteiger partial charge in [0.15, 0.2) is 0 Å². The van der Waals surface area contributed by atoms with Crippen molar-refractivity contribution in [2.75, 3.05) is 100 Å². The van der Waals surface area contributed by atoms with Gasteiger partial charge in [0.2, 0.25) is 0 Å². The van der Waals surface area contributed by atoms with Crippen molar-refractivity contribution in [1.82, 2.24) is 0 Å². The molecule has 0 spiro atoms. The Kier molecular flexibility index (Phi) is 20.2. The van der Waals surface area contributed by atoms with E-state index in [1.165, 1.54) is 43.9 Å². The lowest BCUT2D eigenvalue weighted by atomic mass is 9.60. The summed E-state index contributed by atoms with van der Waals surface area (Å²) in [5.41, 5.74) is -5.58. The number of unbranched alkanes of at least 4 members (excludes halogenated alkanes) is 6. The number of carbonyl (C=O) groups is 2. The molecule has 4 aliphatic rings. The Balaban J connectivity index is 1.29. The third-order valence-electron chi connectivity index (χ3n) is 12.8. The van der Waals surface area contributed by atoms with Gasteiger partial charge in [0.25, 0.3) is 0 Å². The molecular formula is C52H64F6O11S2. The van der Waals surface area contributed by atoms with Crippen molar-refractivity contribution in [1.29, 1.82) is 0 Å². The minimum Gasteiger partial charge on any atom is -0.494 e. The Hall–Kier alpha value is -3.82. The van der Waals surface area contributed by atoms with Crippen molar-refractivity contribution in [3.8, 4) is 5.75 Å². The molecule has 71 heavy (non-hydrogen) atoms. The molecule has 0 bridgehead atoms. The zero-order valence-corrected chi connectivity index (χ0v) is 42.5. The van der Waals surface area contributed by atoms with E-state index in [-0.39, 0.29) is 79.4 Å². The highest BCUT2D eigenvalue weighted by molar-refractivity contribution is 8.12. The van der Waals surface area contributed by atoms with Crippen LogP contribution in [-0.4, -0.2) is 130 Å². The fourth-order valence-electron chi connectivity index (χ4n) is 8.61. The van der Waals surface area contributed by atoms with Crippen LogP contribution in [0.5, 0.6) is 5.75 Å². The Morgan fingerprint density at radius 1 is 0.507 bits per heavy atom. The topological polar surface area (TPSA) is 117 Å². The summed E-state index contributed by atoms with van der Waals surface area (Å²) in [5, 5.41) is 0. The molecule has 0 radical (unpaired) electrons. The van der Waals surface area contributed by atoms with Gasteiger partial charge in [0.05, 0.1) is 83.8 Å². The summed E-state index contributed by atoms with van der Waals surface area (Å²) in [6.45, 7) is 8.00. The highest BCUT2D eigenvalue weighted by Gasteiger charge is 2.84. The van der Waals surface area contributed by atoms with Crippen LogP contribution in [0.1, 0.15) is 97.6 Å². The molecular weight excluding hydrogens is 979 g/mol. The molecule has 2 aromatic rings. The van der Waals surface area contributed by atoms with Crippen molar-refractivity contribution in [2.45, 2.75) is 83.5 Å². The standard InChI is InChI=1S/C52H64F6O11S2/c1-6-7-8-9-10-11-12-17-67-39-15-13-35(14-16-39)40-33-48(2)44(70-40)42-43(51(55,56)52(57,58)50(42,53)54)45-49(48,3)34-41(71-45)36-30-37(46(59)68-28-26-65-24-22-63-20-18-61-4)32-38(31-36)47(60)69-29-27-66-25-23-64-21-19-62-5/h13-16,30-34H,6-12,17-29H2,1-5H3. The minimum atomic E-state index is -5.76. The predicted octanol–water partition coefficient (Wildman–Crippen LogP) is 11.8. The maximum Gasteiger partial charge on any atom is 0.380 e. The average molecular weight is 1040 g/mol. The number of alkyl halides is 6. The van der Waals surface area contributed by atoms with E-state index in [9.17, 15) is 9.59 Å². The molecule has 11 nitrogen and oxygen atoms in total. The molecule has 2 atom stereocenters. The van der Waals surface area contributed by atoms with Gasteiger partial charge in [-0.15, -0.1) is 0 Å². The van der Waals surface area contributed by atoms with Crippen molar-refractivity contribution in [3.05, 3.63) is 97.8 Å². The van der Waals surface area contributed by atoms with Crippen LogP contribution in [0.15, 0.2) is 75.6 Å². The van der Waals surface area contributed by atoms with Gasteiger partial charge in [-0.25, -0.2) is 9.59 Å². The van der Waals surface area contributed by atoms with Gasteiger partial charge in [-0.2, -0.15) is 26.3 Å². The highest BCUT2D eigenvalue weighted by atomic mass is 32.2. The maximum absolute atomic E-state index is 16.3. The number of hydrogen-bond donors (Lipinski definition) is 0. The molecule has 2 aromatic carbocycles. The first-order valence-corrected chi connectivity index (χ1v) is 25.6. The molecule has 2 heterocycles. The van der Waals surface area contributed by atoms with E-state index in [1.54, 1.807) is 64.5 Å². The zero-order valence-electron chi connectivity index (χ0n) is 40.9. The number of benzene rings is 2. The van der Waals surface area contributed by atoms with E-state index in [4.69, 9.17) is 42.6 Å². The number of rotatable bonds is 31. The Bertz CT molecular complexity index is 2230. The lowest BCUT2D eigenvalue weighted by Gasteiger charge is -2.45. The van der Waals surface area contributed by atoms with E-state index in [0.29, 0.717) is 61.0 Å². The zero-order chi connectivity index (χ0) is 51.3. The SMILES string of the molecule is CCCCCCCCCOc1ccc(C2=CC3(C)C(=C4C(=C5SC(c6cc(C(=O)OCCOCCOCCOC)cc(C(=O)OCCOCCOCCOC)c6)=CC53C)C(F)(F)C(F)(F)C4(F)F)S2)cc1. The second-order valence-electron chi connectivity index (χ2n) is 17.8. The van der Waals surface area contributed by atoms with Gasteiger partial charge in [0, 0.05) is 55.8 Å². The number of thioether (sulfide) groups is 2. The molecule has 0 amide bonds. The molecule has 19 heteroatoms. The van der Waals surface area contributed by atoms with E-state index in [1.807, 2.05) is 0 Å². The van der Waals surface area contributed by atoms with Crippen molar-refractivity contribution < 1.29 is 78.6 Å². The predicted molar refractivity (Wildman–Crippen MR) is 260 cm³/mol. The van der Waals surface area contributed by atoms with Crippen LogP contribution in [0.25, 0.3) is 9.81 Å². The molecule has 1 saturated carbocycles. The number of hydrogen-bond acceptors (Lipinski definition) is 13. The van der Waals surface area contributed by atoms with Crippen molar-refractivity contribution in [3.63, 3.8) is 0 Å². The fraction of sp³-hybridized carbons (Fsp3) is 0.577. The van der Waals surface area contributed by atoms with E-state index in [2.05, 4.69) is 6.92 Å². The Morgan fingerprint density at radius 3 is 1.37 bits per heavy atom. The Morgan fingerprint density at radius 2 is 0.915 bits per heavy atom. The summed E-state index contributed by atoms with van der Waals surface area (Å²) >= 11 is 1.39. The summed E-state index contributed by atoms with van der Waals surface area (Å²) in [6.07, 6.45) is 11.1. The summed E-state index contributed by atoms with van der Waals surface area (Å²) < 4.78 is 145. The van der Waals surface area contributed by atoms with Gasteiger partial charge in [-0.3, -0.25) is 0 Å². The third kappa shape index (κ3) is 12.6. The number of fused-ring (bicyclic) bond motifs is 4. The second-order valence-corrected chi connectivity index (χ2v) is 19.9. The molecule has 1 fully saturated rings. The number of halogens is 6. The minimum absolute atomic E-state index is 0.00611. The third-order valence-corrected chi connectivity index (χ3v) is 15.6. The first-order valence-electron chi connectivity index (χ1n) is 24.0. The lowest BCUT2D eigenvalue weighted by Crippen LogP contribution is -2.47. The summed E-state index contributed by atoms with van der Waals surface area (Å²) in [5.74, 6) is -17.4. The van der Waals surface area contributed by atoms with E-state index < -0.39 is 56.6 Å². The smallest absolute Gasteiger partial charge is 0.380 e. The quantitative estimate of drug-likeness (QED) is 0.0405. The monoisotopic (exact) mass is 1040 g/mol. The normalized spacial score (nSPS) is 21.5. The first kappa shape index (κ1) is 56.5. The van der Waals surface area contributed by atoms with E-state index >= 15 is 26.3 Å². The average Bonchev–Trinajstić information content (AvgIpc) is 3.94. The molecule has 2 unspecified atom stereocenters. The largest absolute Gasteiger partial charge is 0.494 e. The molecule has 392 valence electrons. The highest BCUT2D eigenvalue weighted by Crippen LogP contribution is 2.78. The summed E-state index contributed by atoms with van der Waals surface area (Å²) in [4.78, 5) is 27.0. The summed E-state index contributed by atoms with van der Waals surface area (Å²) in [7, 11) is 3.10. The van der Waals surface area contributed by atoms with Gasteiger partial charge < -0.3 is 42.6 Å². The maximum atomic E-state index is 16.3. The van der Waals surface area contributed by atoms with Crippen molar-refractivity contribution >= 4 is 45.3 Å². The first-order chi connectivity index (χ1) is 34.0. The van der Waals surface area contributed by atoms with Crippen LogP contribution in [0.4, 0.5) is 26.3 Å². The molecule has 2 aliphatic carbocycles. The van der Waals surface area contributed by atoms with E-state index in [0.717, 1.165) is 31.0 Å². The van der Waals surface area contributed by atoms with Crippen molar-refractivity contribution in [2.24, 2.45) is 10.8 Å². The van der Waals surface area contributed by atoms with Crippen LogP contribution in [0, 0.1) is 10.8 Å². The molecule has 0 N–H and O–H groups in total. The molecule has 0 aromatic heterocycles. The molecule has 2 aliphatic heterocycles. The van der Waals surface area contributed by atoms with Crippen LogP contribution in [0.2, 0.25) is 0 Å². The van der Waals surface area contributed by atoms with Gasteiger partial charge in [-0.05, 0) is 47.9 Å². The van der Waals surface area contributed by atoms with Gasteiger partial charge in [0.1, 0.15) is 19.0 Å². The van der Waals surface area contributed by atoms with Crippen LogP contribution in [-0.2, 0) is 37.9 Å². The van der Waals surface area contributed by atoms with Crippen LogP contribution in [0.3, 0.4) is 0 Å².